The average molecular weight is 650 g/mol. The van der Waals surface area contributed by atoms with E-state index in [0.717, 1.165) is 29.8 Å². The van der Waals surface area contributed by atoms with E-state index in [0.29, 0.717) is 59.5 Å². The van der Waals surface area contributed by atoms with E-state index >= 15 is 0 Å². The molecule has 1 amide bonds. The molecule has 2 aliphatic rings. The first-order chi connectivity index (χ1) is 22.4. The van der Waals surface area contributed by atoms with Gasteiger partial charge in [0.15, 0.2) is 25.1 Å². The van der Waals surface area contributed by atoms with Gasteiger partial charge in [-0.1, -0.05) is 35.9 Å². The Balaban J connectivity index is 1.40. The van der Waals surface area contributed by atoms with Gasteiger partial charge in [0.05, 0.1) is 30.7 Å². The summed E-state index contributed by atoms with van der Waals surface area (Å²) in [6.07, 6.45) is 1.07. The lowest BCUT2D eigenvalue weighted by Gasteiger charge is -2.31. The van der Waals surface area contributed by atoms with Crippen molar-refractivity contribution in [2.75, 3.05) is 54.1 Å². The Morgan fingerprint density at radius 3 is 2.52 bits per heavy atom. The molecule has 1 fully saturated rings. The molecule has 1 aromatic heterocycles. The zero-order chi connectivity index (χ0) is 32.0. The van der Waals surface area contributed by atoms with E-state index in [1.54, 1.807) is 31.5 Å². The van der Waals surface area contributed by atoms with Crippen LogP contribution >= 0.6 is 11.6 Å². The van der Waals surface area contributed by atoms with E-state index in [-0.39, 0.29) is 31.1 Å². The highest BCUT2D eigenvalue weighted by atomic mass is 35.5. The summed E-state index contributed by atoms with van der Waals surface area (Å²) in [5, 5.41) is 3.92. The van der Waals surface area contributed by atoms with Crippen molar-refractivity contribution >= 4 is 28.4 Å². The van der Waals surface area contributed by atoms with Crippen molar-refractivity contribution in [1.82, 2.24) is 14.8 Å². The molecule has 6 rings (SSSR count). The van der Waals surface area contributed by atoms with Crippen molar-refractivity contribution in [3.05, 3.63) is 98.3 Å². The second-order valence-corrected chi connectivity index (χ2v) is 11.5. The molecule has 1 atom stereocenters. The Hall–Kier alpha value is -4.13. The van der Waals surface area contributed by atoms with Gasteiger partial charge in [-0.15, -0.1) is 0 Å². The maximum atomic E-state index is 13.9. The first-order valence-corrected chi connectivity index (χ1v) is 15.4. The highest BCUT2D eigenvalue weighted by molar-refractivity contribution is 6.30. The highest BCUT2D eigenvalue weighted by Crippen LogP contribution is 2.42. The molecule has 0 bridgehead atoms. The van der Waals surface area contributed by atoms with E-state index in [2.05, 4.69) is 10.2 Å². The number of nitrogens with one attached hydrogen (secondary N) is 1. The molecule has 46 heavy (non-hydrogen) atoms. The van der Waals surface area contributed by atoms with Crippen LogP contribution < -0.4 is 25.0 Å². The number of hydrogen-bond acceptors (Lipinski definition) is 9. The van der Waals surface area contributed by atoms with Crippen LogP contribution in [0, 0.1) is 0 Å². The lowest BCUT2D eigenvalue weighted by atomic mass is 10.0. The summed E-state index contributed by atoms with van der Waals surface area (Å²) in [4.78, 5) is 29.7. The van der Waals surface area contributed by atoms with Gasteiger partial charge in [-0.2, -0.15) is 0 Å². The van der Waals surface area contributed by atoms with Gasteiger partial charge in [-0.05, 0) is 41.5 Å². The number of amides is 1. The van der Waals surface area contributed by atoms with Crippen molar-refractivity contribution in [2.45, 2.75) is 25.7 Å². The number of halogens is 1. The number of aromatic nitrogens is 1. The van der Waals surface area contributed by atoms with Gasteiger partial charge in [0.2, 0.25) is 5.43 Å². The minimum atomic E-state index is -0.542. The second-order valence-electron chi connectivity index (χ2n) is 11.1. The van der Waals surface area contributed by atoms with Gasteiger partial charge in [0, 0.05) is 57.2 Å². The summed E-state index contributed by atoms with van der Waals surface area (Å²) in [6, 6.07) is 16.6. The van der Waals surface area contributed by atoms with E-state index in [1.165, 1.54) is 7.11 Å². The van der Waals surface area contributed by atoms with E-state index in [9.17, 15) is 9.59 Å². The van der Waals surface area contributed by atoms with Gasteiger partial charge < -0.3 is 38.3 Å². The molecular weight excluding hydrogens is 614 g/mol. The minimum absolute atomic E-state index is 0.00638. The predicted molar refractivity (Wildman–Crippen MR) is 172 cm³/mol. The number of morpholine rings is 1. The predicted octanol–water partition coefficient (Wildman–Crippen LogP) is 4.52. The summed E-state index contributed by atoms with van der Waals surface area (Å²) in [5.74, 6) is 1.01. The van der Waals surface area contributed by atoms with Gasteiger partial charge in [-0.3, -0.25) is 14.5 Å². The molecule has 242 valence electrons. The number of rotatable bonds is 12. The number of hydrogen-bond donors (Lipinski definition) is 1. The Bertz CT molecular complexity index is 1750. The fourth-order valence-electron chi connectivity index (χ4n) is 5.77. The summed E-state index contributed by atoms with van der Waals surface area (Å²) in [7, 11) is 3.08. The second kappa shape index (κ2) is 14.5. The number of nitrogens with zero attached hydrogens (tertiary/aromatic N) is 2. The number of carbonyl (C=O) groups is 1. The van der Waals surface area contributed by atoms with Crippen molar-refractivity contribution < 1.29 is 33.2 Å². The fourth-order valence-corrected chi connectivity index (χ4v) is 5.89. The van der Waals surface area contributed by atoms with Crippen molar-refractivity contribution in [3.63, 3.8) is 0 Å². The van der Waals surface area contributed by atoms with Crippen LogP contribution in [0.15, 0.2) is 65.6 Å². The number of benzene rings is 3. The lowest BCUT2D eigenvalue weighted by Crippen LogP contribution is -2.36. The van der Waals surface area contributed by atoms with E-state index < -0.39 is 12.0 Å². The molecule has 3 aromatic carbocycles. The Morgan fingerprint density at radius 2 is 1.76 bits per heavy atom. The highest BCUT2D eigenvalue weighted by Gasteiger charge is 2.30. The molecule has 1 saturated heterocycles. The third kappa shape index (κ3) is 6.98. The summed E-state index contributed by atoms with van der Waals surface area (Å²) < 4.78 is 36.2. The van der Waals surface area contributed by atoms with Crippen LogP contribution in [0.5, 0.6) is 17.2 Å². The summed E-state index contributed by atoms with van der Waals surface area (Å²) in [5.41, 5.74) is 2.81. The quantitative estimate of drug-likeness (QED) is 0.222. The number of carbonyl (C=O) groups excluding carboxylic acids is 1. The third-order valence-corrected chi connectivity index (χ3v) is 8.21. The van der Waals surface area contributed by atoms with Gasteiger partial charge in [0.25, 0.3) is 5.91 Å². The van der Waals surface area contributed by atoms with Crippen LogP contribution in [-0.2, 0) is 33.8 Å². The molecule has 0 aliphatic carbocycles. The maximum absolute atomic E-state index is 13.9. The molecule has 11 nitrogen and oxygen atoms in total. The molecule has 12 heteroatoms. The number of para-hydroxylation sites is 1. The van der Waals surface area contributed by atoms with Gasteiger partial charge in [-0.25, -0.2) is 0 Å². The molecule has 1 N–H and O–H groups in total. The van der Waals surface area contributed by atoms with Gasteiger partial charge in [0.1, 0.15) is 17.4 Å². The van der Waals surface area contributed by atoms with Crippen LogP contribution in [0.1, 0.15) is 33.2 Å². The first kappa shape index (κ1) is 31.8. The zero-order valence-electron chi connectivity index (χ0n) is 25.8. The lowest BCUT2D eigenvalue weighted by molar-refractivity contribution is 0.0299. The fraction of sp³-hybridized carbons (Fsp3) is 0.353. The molecule has 0 saturated carbocycles. The molecule has 0 radical (unpaired) electrons. The summed E-state index contributed by atoms with van der Waals surface area (Å²) >= 11 is 6.02. The monoisotopic (exact) mass is 649 g/mol. The smallest absolute Gasteiger partial charge is 0.257 e. The van der Waals surface area contributed by atoms with Crippen LogP contribution in [0.3, 0.4) is 0 Å². The third-order valence-electron chi connectivity index (χ3n) is 7.96. The van der Waals surface area contributed by atoms with Crippen LogP contribution in [-0.4, -0.2) is 69.5 Å². The number of ether oxygens (including phenoxy) is 6. The van der Waals surface area contributed by atoms with Crippen molar-refractivity contribution in [2.24, 2.45) is 0 Å². The maximum Gasteiger partial charge on any atom is 0.257 e. The molecule has 4 aromatic rings. The first-order valence-electron chi connectivity index (χ1n) is 15.0. The van der Waals surface area contributed by atoms with Crippen molar-refractivity contribution in [3.8, 4) is 17.2 Å². The zero-order valence-corrected chi connectivity index (χ0v) is 26.5. The Morgan fingerprint density at radius 1 is 1.00 bits per heavy atom. The number of methoxy groups -OCH3 is 2. The Labute approximate surface area is 271 Å². The molecular formula is C34H36ClN3O8. The normalized spacial score (nSPS) is 16.2. The standard InChI is InChI=1S/C34H36ClN3O8/c1-41-20-44-28-5-3-4-25(33(28)45-21-42-2)30-19-38-18-27(34(40)36-16-22-6-8-24(35)9-7-22)32(39)26-14-23(15-29(46-30)31(26)38)17-37-10-12-43-13-11-37/h3-9,14-15,18,30H,10-13,16-17,19-21H2,1-2H3,(H,36,40). The number of pyridine rings is 1. The molecule has 1 unspecified atom stereocenters. The van der Waals surface area contributed by atoms with Crippen molar-refractivity contribution in [1.29, 1.82) is 0 Å². The van der Waals surface area contributed by atoms with Crippen LogP contribution in [0.2, 0.25) is 5.02 Å². The van der Waals surface area contributed by atoms with Crippen LogP contribution in [0.25, 0.3) is 10.9 Å². The molecule has 2 aliphatic heterocycles. The largest absolute Gasteiger partial charge is 0.481 e. The Kier molecular flexibility index (Phi) is 10.1. The molecule has 0 spiro atoms. The van der Waals surface area contributed by atoms with Gasteiger partial charge >= 0.3 is 0 Å². The average Bonchev–Trinajstić information content (AvgIpc) is 3.07. The summed E-state index contributed by atoms with van der Waals surface area (Å²) in [6.45, 7) is 4.04. The molecule has 3 heterocycles. The topological polar surface area (TPSA) is 110 Å². The van der Waals surface area contributed by atoms with E-state index in [4.69, 9.17) is 40.0 Å². The SMILES string of the molecule is COCOc1cccc(C2Cn3cc(C(=O)NCc4ccc(Cl)cc4)c(=O)c4cc(CN5CCOCC5)cc(c43)O2)c1OCOC. The minimum Gasteiger partial charge on any atom is -0.481 e. The van der Waals surface area contributed by atoms with E-state index in [1.807, 2.05) is 41.0 Å². The van der Waals surface area contributed by atoms with Crippen LogP contribution in [0.4, 0.5) is 0 Å².